The van der Waals surface area contributed by atoms with Crippen molar-refractivity contribution < 1.29 is 12.9 Å². The van der Waals surface area contributed by atoms with Gasteiger partial charge in [0.05, 0.1) is 11.2 Å². The highest BCUT2D eigenvalue weighted by Gasteiger charge is 2.44. The normalized spacial score (nSPS) is 17.6. The number of sulfonamides is 1. The van der Waals surface area contributed by atoms with E-state index in [-0.39, 0.29) is 5.75 Å². The van der Waals surface area contributed by atoms with Gasteiger partial charge in [0.1, 0.15) is 10.8 Å². The van der Waals surface area contributed by atoms with Crippen molar-refractivity contribution in [3.05, 3.63) is 33.6 Å². The predicted octanol–water partition coefficient (Wildman–Crippen LogP) is 2.25. The van der Waals surface area contributed by atoms with Crippen LogP contribution in [0.2, 0.25) is 0 Å². The Labute approximate surface area is 127 Å². The van der Waals surface area contributed by atoms with Crippen LogP contribution in [0.3, 0.4) is 0 Å². The molecule has 1 saturated carbocycles. The number of hydrogen-bond acceptors (Lipinski definition) is 6. The van der Waals surface area contributed by atoms with Crippen LogP contribution in [-0.2, 0) is 21.3 Å². The number of thiazole rings is 1. The second kappa shape index (κ2) is 5.19. The molecule has 0 unspecified atom stereocenters. The second-order valence-corrected chi connectivity index (χ2v) is 8.11. The fraction of sp³-hybridized carbons (Fsp3) is 0.538. The first-order valence-corrected chi connectivity index (χ1v) is 9.28. The molecule has 1 aliphatic rings. The molecular formula is C13H17N3O3S2. The molecule has 0 aromatic carbocycles. The van der Waals surface area contributed by atoms with Gasteiger partial charge in [-0.05, 0) is 33.1 Å². The van der Waals surface area contributed by atoms with Crippen molar-refractivity contribution >= 4 is 21.4 Å². The smallest absolute Gasteiger partial charge is 0.219 e. The van der Waals surface area contributed by atoms with E-state index >= 15 is 0 Å². The summed E-state index contributed by atoms with van der Waals surface area (Å²) in [6, 6.07) is 1.64. The van der Waals surface area contributed by atoms with Crippen molar-refractivity contribution in [3.8, 4) is 0 Å². The van der Waals surface area contributed by atoms with E-state index in [4.69, 9.17) is 4.52 Å². The van der Waals surface area contributed by atoms with Gasteiger partial charge < -0.3 is 4.52 Å². The molecule has 114 valence electrons. The van der Waals surface area contributed by atoms with Gasteiger partial charge in [0.25, 0.3) is 0 Å². The molecular weight excluding hydrogens is 310 g/mol. The van der Waals surface area contributed by atoms with Crippen LogP contribution in [0.4, 0.5) is 0 Å². The van der Waals surface area contributed by atoms with E-state index in [1.165, 1.54) is 11.3 Å². The molecule has 21 heavy (non-hydrogen) atoms. The van der Waals surface area contributed by atoms with Gasteiger partial charge in [-0.1, -0.05) is 5.16 Å². The van der Waals surface area contributed by atoms with Crippen molar-refractivity contribution in [3.63, 3.8) is 0 Å². The van der Waals surface area contributed by atoms with Gasteiger partial charge in [0, 0.05) is 17.1 Å². The minimum Gasteiger partial charge on any atom is -0.360 e. The maximum absolute atomic E-state index is 12.4. The molecule has 8 heteroatoms. The Hall–Kier alpha value is -1.25. The minimum absolute atomic E-state index is 0.194. The predicted molar refractivity (Wildman–Crippen MR) is 79.4 cm³/mol. The number of hydrogen-bond donors (Lipinski definition) is 1. The van der Waals surface area contributed by atoms with Gasteiger partial charge in [0.2, 0.25) is 10.0 Å². The van der Waals surface area contributed by atoms with Gasteiger partial charge in [-0.3, -0.25) is 0 Å². The Morgan fingerprint density at radius 2 is 2.14 bits per heavy atom. The maximum Gasteiger partial charge on any atom is 0.219 e. The summed E-state index contributed by atoms with van der Waals surface area (Å²) in [6.07, 6.45) is 2.58. The van der Waals surface area contributed by atoms with E-state index in [9.17, 15) is 8.42 Å². The van der Waals surface area contributed by atoms with Gasteiger partial charge in [-0.2, -0.15) is 0 Å². The first-order valence-electron chi connectivity index (χ1n) is 6.75. The first-order chi connectivity index (χ1) is 9.89. The SMILES string of the molecule is Cc1cc(CS(=O)(=O)NC2(c3nc(C)cs3)CCC2)on1. The molecule has 1 aliphatic carbocycles. The lowest BCUT2D eigenvalue weighted by molar-refractivity contribution is 0.223. The van der Waals surface area contributed by atoms with E-state index in [1.807, 2.05) is 12.3 Å². The summed E-state index contributed by atoms with van der Waals surface area (Å²) >= 11 is 1.51. The zero-order chi connectivity index (χ0) is 15.1. The quantitative estimate of drug-likeness (QED) is 0.910. The summed E-state index contributed by atoms with van der Waals surface area (Å²) in [4.78, 5) is 4.46. The van der Waals surface area contributed by atoms with Gasteiger partial charge >= 0.3 is 0 Å². The van der Waals surface area contributed by atoms with Crippen LogP contribution < -0.4 is 4.72 Å². The average molecular weight is 327 g/mol. The molecule has 0 spiro atoms. The lowest BCUT2D eigenvalue weighted by Crippen LogP contribution is -2.50. The highest BCUT2D eigenvalue weighted by molar-refractivity contribution is 7.88. The number of rotatable bonds is 5. The summed E-state index contributed by atoms with van der Waals surface area (Å²) in [5.41, 5.74) is 1.06. The number of aromatic nitrogens is 2. The van der Waals surface area contributed by atoms with Gasteiger partial charge in [-0.25, -0.2) is 18.1 Å². The van der Waals surface area contributed by atoms with E-state index < -0.39 is 15.6 Å². The van der Waals surface area contributed by atoms with Crippen LogP contribution in [-0.4, -0.2) is 18.6 Å². The summed E-state index contributed by atoms with van der Waals surface area (Å²) < 4.78 is 32.6. The van der Waals surface area contributed by atoms with Crippen LogP contribution in [0.5, 0.6) is 0 Å². The summed E-state index contributed by atoms with van der Waals surface area (Å²) in [6.45, 7) is 3.68. The highest BCUT2D eigenvalue weighted by Crippen LogP contribution is 2.43. The fourth-order valence-corrected chi connectivity index (χ4v) is 5.02. The largest absolute Gasteiger partial charge is 0.360 e. The van der Waals surface area contributed by atoms with Crippen molar-refractivity contribution in [1.82, 2.24) is 14.9 Å². The van der Waals surface area contributed by atoms with Crippen LogP contribution >= 0.6 is 11.3 Å². The molecule has 3 rings (SSSR count). The zero-order valence-corrected chi connectivity index (χ0v) is 13.6. The number of aryl methyl sites for hydroxylation is 2. The Kier molecular flexibility index (Phi) is 3.62. The Bertz CT molecular complexity index is 744. The van der Waals surface area contributed by atoms with Crippen molar-refractivity contribution in [1.29, 1.82) is 0 Å². The molecule has 0 atom stereocenters. The molecule has 0 bridgehead atoms. The maximum atomic E-state index is 12.4. The van der Waals surface area contributed by atoms with Crippen LogP contribution in [0.25, 0.3) is 0 Å². The van der Waals surface area contributed by atoms with Crippen LogP contribution in [0.15, 0.2) is 16.0 Å². The van der Waals surface area contributed by atoms with Crippen molar-refractivity contribution in [2.45, 2.75) is 44.4 Å². The Morgan fingerprint density at radius 1 is 1.38 bits per heavy atom. The molecule has 0 radical (unpaired) electrons. The summed E-state index contributed by atoms with van der Waals surface area (Å²) in [5.74, 6) is 0.157. The topological polar surface area (TPSA) is 85.1 Å². The molecule has 2 aromatic heterocycles. The molecule has 1 N–H and O–H groups in total. The van der Waals surface area contributed by atoms with E-state index in [2.05, 4.69) is 14.9 Å². The lowest BCUT2D eigenvalue weighted by Gasteiger charge is -2.40. The van der Waals surface area contributed by atoms with Gasteiger partial charge in [0.15, 0.2) is 5.76 Å². The fourth-order valence-electron chi connectivity index (χ4n) is 2.47. The molecule has 0 aliphatic heterocycles. The Balaban J connectivity index is 1.80. The third kappa shape index (κ3) is 3.02. The van der Waals surface area contributed by atoms with Crippen LogP contribution in [0.1, 0.15) is 41.4 Å². The van der Waals surface area contributed by atoms with Crippen molar-refractivity contribution in [2.75, 3.05) is 0 Å². The van der Waals surface area contributed by atoms with Crippen molar-refractivity contribution in [2.24, 2.45) is 0 Å². The summed E-state index contributed by atoms with van der Waals surface area (Å²) in [5, 5.41) is 6.51. The van der Waals surface area contributed by atoms with Crippen LogP contribution in [0, 0.1) is 13.8 Å². The molecule has 6 nitrogen and oxygen atoms in total. The third-order valence-electron chi connectivity index (χ3n) is 3.60. The van der Waals surface area contributed by atoms with Gasteiger partial charge in [-0.15, -0.1) is 11.3 Å². The monoisotopic (exact) mass is 327 g/mol. The number of nitrogens with zero attached hydrogens (tertiary/aromatic N) is 2. The molecule has 2 aromatic rings. The van der Waals surface area contributed by atoms with E-state index in [0.29, 0.717) is 11.5 Å². The summed E-state index contributed by atoms with van der Waals surface area (Å²) in [7, 11) is -3.50. The Morgan fingerprint density at radius 3 is 2.62 bits per heavy atom. The number of nitrogens with one attached hydrogen (secondary N) is 1. The minimum atomic E-state index is -3.50. The molecule has 0 amide bonds. The standard InChI is InChI=1S/C13H17N3O3S2/c1-9-6-11(19-15-9)8-21(17,18)16-13(4-3-5-13)12-14-10(2)7-20-12/h6-7,16H,3-5,8H2,1-2H3. The highest BCUT2D eigenvalue weighted by atomic mass is 32.2. The molecule has 1 fully saturated rings. The average Bonchev–Trinajstić information content (AvgIpc) is 2.93. The van der Waals surface area contributed by atoms with E-state index in [1.54, 1.807) is 13.0 Å². The third-order valence-corrected chi connectivity index (χ3v) is 6.13. The second-order valence-electron chi connectivity index (χ2n) is 5.53. The first kappa shape index (κ1) is 14.7. The molecule has 0 saturated heterocycles. The lowest BCUT2D eigenvalue weighted by atomic mass is 9.78. The zero-order valence-electron chi connectivity index (χ0n) is 11.9. The molecule has 2 heterocycles. The van der Waals surface area contributed by atoms with E-state index in [0.717, 1.165) is 30.0 Å².